The van der Waals surface area contributed by atoms with E-state index >= 15 is 0 Å². The molecule has 1 aromatic carbocycles. The first-order valence-corrected chi connectivity index (χ1v) is 11.3. The summed E-state index contributed by atoms with van der Waals surface area (Å²) >= 11 is 0. The minimum atomic E-state index is -0.995. The summed E-state index contributed by atoms with van der Waals surface area (Å²) < 4.78 is 5.26. The van der Waals surface area contributed by atoms with E-state index in [1.165, 1.54) is 7.11 Å². The average molecular weight is 475 g/mol. The SMILES string of the molecule is CC(C)C.COc1cccc2[nH]c(C(=O)NCC(=O)NC(CC3CCNC3=O)C(=O)CO)cc12. The number of Topliss-reactive ketones (excluding diaryl/α,β-unsaturated/α-hetero) is 1. The smallest absolute Gasteiger partial charge is 0.268 e. The number of aliphatic hydroxyl groups excluding tert-OH is 1. The van der Waals surface area contributed by atoms with E-state index in [-0.39, 0.29) is 24.6 Å². The van der Waals surface area contributed by atoms with Crippen LogP contribution in [0.25, 0.3) is 10.9 Å². The van der Waals surface area contributed by atoms with Gasteiger partial charge >= 0.3 is 0 Å². The number of nitrogens with one attached hydrogen (secondary N) is 4. The van der Waals surface area contributed by atoms with Gasteiger partial charge < -0.3 is 30.8 Å². The zero-order valence-electron chi connectivity index (χ0n) is 20.1. The van der Waals surface area contributed by atoms with Crippen LogP contribution in [0.5, 0.6) is 5.75 Å². The maximum atomic E-state index is 12.4. The molecule has 1 aromatic heterocycles. The summed E-state index contributed by atoms with van der Waals surface area (Å²) in [6, 6.07) is 5.99. The molecule has 1 saturated heterocycles. The van der Waals surface area contributed by atoms with Gasteiger partial charge in [-0.25, -0.2) is 0 Å². The molecule has 5 N–H and O–H groups in total. The van der Waals surface area contributed by atoms with Crippen LogP contribution in [0.4, 0.5) is 0 Å². The van der Waals surface area contributed by atoms with Crippen molar-refractivity contribution in [1.82, 2.24) is 20.9 Å². The number of benzene rings is 1. The molecule has 34 heavy (non-hydrogen) atoms. The fraction of sp³-hybridized carbons (Fsp3) is 0.500. The van der Waals surface area contributed by atoms with Crippen molar-refractivity contribution in [1.29, 1.82) is 0 Å². The lowest BCUT2D eigenvalue weighted by atomic mass is 9.96. The Balaban J connectivity index is 0.000000945. The van der Waals surface area contributed by atoms with E-state index in [0.717, 1.165) is 11.3 Å². The quantitative estimate of drug-likeness (QED) is 0.368. The molecule has 1 fully saturated rings. The molecule has 2 unspecified atom stereocenters. The molecular weight excluding hydrogens is 440 g/mol. The Morgan fingerprint density at radius 2 is 1.94 bits per heavy atom. The van der Waals surface area contributed by atoms with E-state index in [0.29, 0.717) is 24.2 Å². The molecule has 1 aliphatic heterocycles. The van der Waals surface area contributed by atoms with Gasteiger partial charge in [0.25, 0.3) is 5.91 Å². The van der Waals surface area contributed by atoms with Gasteiger partial charge in [-0.15, -0.1) is 0 Å². The van der Waals surface area contributed by atoms with Gasteiger partial charge in [-0.05, 0) is 37.0 Å². The minimum absolute atomic E-state index is 0.104. The maximum absolute atomic E-state index is 12.4. The monoisotopic (exact) mass is 474 g/mol. The summed E-state index contributed by atoms with van der Waals surface area (Å²) in [5, 5.41) is 17.5. The largest absolute Gasteiger partial charge is 0.496 e. The van der Waals surface area contributed by atoms with Crippen LogP contribution >= 0.6 is 0 Å². The molecule has 3 rings (SSSR count). The van der Waals surface area contributed by atoms with Crippen LogP contribution in [-0.2, 0) is 14.4 Å². The summed E-state index contributed by atoms with van der Waals surface area (Å²) in [6.45, 7) is 5.91. The predicted molar refractivity (Wildman–Crippen MR) is 127 cm³/mol. The molecule has 2 aromatic rings. The molecule has 2 heterocycles. The molecule has 1 aliphatic rings. The van der Waals surface area contributed by atoms with Crippen molar-refractivity contribution >= 4 is 34.4 Å². The number of fused-ring (bicyclic) bond motifs is 1. The lowest BCUT2D eigenvalue weighted by Crippen LogP contribution is -2.47. The van der Waals surface area contributed by atoms with Crippen molar-refractivity contribution in [2.75, 3.05) is 26.8 Å². The third-order valence-corrected chi connectivity index (χ3v) is 5.06. The average Bonchev–Trinajstić information content (AvgIpc) is 3.42. The fourth-order valence-corrected chi connectivity index (χ4v) is 3.46. The molecule has 186 valence electrons. The van der Waals surface area contributed by atoms with E-state index in [1.807, 2.05) is 0 Å². The molecule has 3 amide bonds. The highest BCUT2D eigenvalue weighted by molar-refractivity contribution is 6.01. The first-order valence-electron chi connectivity index (χ1n) is 11.3. The van der Waals surface area contributed by atoms with E-state index in [9.17, 15) is 19.2 Å². The number of aliphatic hydroxyl groups is 1. The van der Waals surface area contributed by atoms with Crippen LogP contribution < -0.4 is 20.7 Å². The van der Waals surface area contributed by atoms with Gasteiger partial charge in [0.05, 0.1) is 19.7 Å². The second-order valence-electron chi connectivity index (χ2n) is 8.78. The molecule has 10 heteroatoms. The predicted octanol–water partition coefficient (Wildman–Crippen LogP) is 1.14. The molecule has 2 atom stereocenters. The Morgan fingerprint density at radius 1 is 1.24 bits per heavy atom. The topological polar surface area (TPSA) is 150 Å². The molecule has 0 saturated carbocycles. The second-order valence-corrected chi connectivity index (χ2v) is 8.78. The van der Waals surface area contributed by atoms with Gasteiger partial charge in [0.15, 0.2) is 5.78 Å². The second kappa shape index (κ2) is 12.7. The van der Waals surface area contributed by atoms with Gasteiger partial charge in [0, 0.05) is 23.4 Å². The highest BCUT2D eigenvalue weighted by Crippen LogP contribution is 2.25. The standard InChI is InChI=1S/C20H24N4O6.C4H10/c1-30-17-4-2-3-13-12(17)8-15(23-13)20(29)22-9-18(27)24-14(16(26)10-25)7-11-5-6-21-19(11)28;1-4(2)3/h2-4,8,11,14,23,25H,5-7,9-10H2,1H3,(H,21,28)(H,22,29)(H,24,27);4H,1-3H3. The number of amides is 3. The number of ketones is 1. The maximum Gasteiger partial charge on any atom is 0.268 e. The number of hydrogen-bond donors (Lipinski definition) is 5. The summed E-state index contributed by atoms with van der Waals surface area (Å²) in [4.78, 5) is 51.3. The number of methoxy groups -OCH3 is 1. The van der Waals surface area contributed by atoms with E-state index in [4.69, 9.17) is 9.84 Å². The fourth-order valence-electron chi connectivity index (χ4n) is 3.46. The van der Waals surface area contributed by atoms with Gasteiger partial charge in [-0.2, -0.15) is 0 Å². The van der Waals surface area contributed by atoms with Crippen LogP contribution in [-0.4, -0.2) is 66.4 Å². The Hall–Kier alpha value is -3.40. The zero-order chi connectivity index (χ0) is 25.3. The lowest BCUT2D eigenvalue weighted by Gasteiger charge is -2.19. The van der Waals surface area contributed by atoms with Crippen molar-refractivity contribution in [3.05, 3.63) is 30.0 Å². The molecule has 0 aliphatic carbocycles. The lowest BCUT2D eigenvalue weighted by molar-refractivity contribution is -0.130. The van der Waals surface area contributed by atoms with Crippen LogP contribution in [0, 0.1) is 11.8 Å². The van der Waals surface area contributed by atoms with E-state index in [1.54, 1.807) is 24.3 Å². The number of carbonyl (C=O) groups excluding carboxylic acids is 4. The van der Waals surface area contributed by atoms with Crippen molar-refractivity contribution < 1.29 is 29.0 Å². The van der Waals surface area contributed by atoms with Gasteiger partial charge in [0.1, 0.15) is 18.1 Å². The number of H-pyrrole nitrogens is 1. The third-order valence-electron chi connectivity index (χ3n) is 5.06. The van der Waals surface area contributed by atoms with Crippen LogP contribution in [0.2, 0.25) is 0 Å². The third kappa shape index (κ3) is 7.58. The number of aromatic amines is 1. The summed E-state index contributed by atoms with van der Waals surface area (Å²) in [7, 11) is 1.53. The van der Waals surface area contributed by atoms with E-state index < -0.39 is 36.2 Å². The van der Waals surface area contributed by atoms with Crippen LogP contribution in [0.3, 0.4) is 0 Å². The molecule has 0 bridgehead atoms. The first kappa shape index (κ1) is 26.8. The van der Waals surface area contributed by atoms with Crippen molar-refractivity contribution in [2.45, 2.75) is 39.7 Å². The first-order chi connectivity index (χ1) is 16.2. The van der Waals surface area contributed by atoms with E-state index in [2.05, 4.69) is 41.7 Å². The summed E-state index contributed by atoms with van der Waals surface area (Å²) in [5.41, 5.74) is 0.973. The summed E-state index contributed by atoms with van der Waals surface area (Å²) in [5.74, 6) is -0.811. The van der Waals surface area contributed by atoms with Gasteiger partial charge in [-0.1, -0.05) is 26.8 Å². The minimum Gasteiger partial charge on any atom is -0.496 e. The van der Waals surface area contributed by atoms with Gasteiger partial charge in [-0.3, -0.25) is 19.2 Å². The van der Waals surface area contributed by atoms with Crippen LogP contribution in [0.1, 0.15) is 44.1 Å². The zero-order valence-corrected chi connectivity index (χ0v) is 20.1. The van der Waals surface area contributed by atoms with Crippen molar-refractivity contribution in [3.8, 4) is 5.75 Å². The highest BCUT2D eigenvalue weighted by Gasteiger charge is 2.31. The Bertz CT molecular complexity index is 1010. The number of ether oxygens (including phenoxy) is 1. The molecule has 10 nitrogen and oxygen atoms in total. The highest BCUT2D eigenvalue weighted by atomic mass is 16.5. The number of aromatic nitrogens is 1. The number of rotatable bonds is 9. The van der Waals surface area contributed by atoms with Crippen molar-refractivity contribution in [3.63, 3.8) is 0 Å². The Kier molecular flexibility index (Phi) is 10.1. The van der Waals surface area contributed by atoms with Gasteiger partial charge in [0.2, 0.25) is 11.8 Å². The normalized spacial score (nSPS) is 15.8. The Morgan fingerprint density at radius 3 is 2.53 bits per heavy atom. The van der Waals surface area contributed by atoms with Crippen molar-refractivity contribution in [2.24, 2.45) is 11.8 Å². The molecular formula is C24H34N4O6. The number of hydrogen-bond acceptors (Lipinski definition) is 6. The molecule has 0 radical (unpaired) electrons. The molecule has 0 spiro atoms. The van der Waals surface area contributed by atoms with Crippen LogP contribution in [0.15, 0.2) is 24.3 Å². The Labute approximate surface area is 198 Å². The summed E-state index contributed by atoms with van der Waals surface area (Å²) in [6.07, 6.45) is 0.664. The number of carbonyl (C=O) groups is 4.